The maximum absolute atomic E-state index is 11.0. The van der Waals surface area contributed by atoms with Gasteiger partial charge in [0.15, 0.2) is 0 Å². The highest BCUT2D eigenvalue weighted by Crippen LogP contribution is 2.09. The Morgan fingerprint density at radius 1 is 1.71 bits per heavy atom. The normalized spacial score (nSPS) is 22.8. The molecule has 1 fully saturated rings. The van der Waals surface area contributed by atoms with Crippen molar-refractivity contribution in [3.05, 3.63) is 28.4 Å². The van der Waals surface area contributed by atoms with Crippen LogP contribution in [0.4, 0.5) is 0 Å². The van der Waals surface area contributed by atoms with Gasteiger partial charge in [-0.3, -0.25) is 9.69 Å². The molecule has 0 saturated carbocycles. The minimum Gasteiger partial charge on any atom is -0.326 e. The van der Waals surface area contributed by atoms with Crippen LogP contribution in [0.15, 0.2) is 17.2 Å². The van der Waals surface area contributed by atoms with Gasteiger partial charge in [-0.1, -0.05) is 0 Å². The molecule has 1 saturated heterocycles. The lowest BCUT2D eigenvalue weighted by atomic mass is 10.3. The number of nitrogens with zero attached hydrogens (tertiary/aromatic N) is 2. The first-order valence-electron chi connectivity index (χ1n) is 4.75. The van der Waals surface area contributed by atoms with Crippen LogP contribution in [-0.2, 0) is 6.54 Å². The standard InChI is InChI=1S/C9H14N4O/c10-7-1-2-13(4-7)5-8-3-9(14)12-6-11-8/h3,6-7H,1-2,4-5,10H2,(H,11,12,14). The molecule has 1 unspecified atom stereocenters. The van der Waals surface area contributed by atoms with Gasteiger partial charge in [0.05, 0.1) is 12.0 Å². The van der Waals surface area contributed by atoms with E-state index in [0.29, 0.717) is 0 Å². The van der Waals surface area contributed by atoms with Gasteiger partial charge in [0, 0.05) is 31.7 Å². The van der Waals surface area contributed by atoms with E-state index in [2.05, 4.69) is 14.9 Å². The first-order valence-corrected chi connectivity index (χ1v) is 4.75. The van der Waals surface area contributed by atoms with Gasteiger partial charge in [-0.2, -0.15) is 0 Å². The smallest absolute Gasteiger partial charge is 0.250 e. The summed E-state index contributed by atoms with van der Waals surface area (Å²) in [6.45, 7) is 2.61. The Bertz CT molecular complexity index is 362. The largest absolute Gasteiger partial charge is 0.326 e. The topological polar surface area (TPSA) is 75.0 Å². The molecule has 1 aromatic heterocycles. The number of hydrogen-bond acceptors (Lipinski definition) is 4. The van der Waals surface area contributed by atoms with E-state index in [1.807, 2.05) is 0 Å². The molecule has 0 aromatic carbocycles. The summed E-state index contributed by atoms with van der Waals surface area (Å²) >= 11 is 0. The fourth-order valence-corrected chi connectivity index (χ4v) is 1.73. The van der Waals surface area contributed by atoms with Crippen molar-refractivity contribution in [2.45, 2.75) is 19.0 Å². The summed E-state index contributed by atoms with van der Waals surface area (Å²) < 4.78 is 0. The second kappa shape index (κ2) is 3.89. The molecular formula is C9H14N4O. The highest BCUT2D eigenvalue weighted by Gasteiger charge is 2.19. The first-order chi connectivity index (χ1) is 6.74. The molecule has 0 aliphatic carbocycles. The molecule has 0 amide bonds. The quantitative estimate of drug-likeness (QED) is 0.653. The van der Waals surface area contributed by atoms with Gasteiger partial charge in [0.1, 0.15) is 0 Å². The monoisotopic (exact) mass is 194 g/mol. The minimum absolute atomic E-state index is 0.0986. The summed E-state index contributed by atoms with van der Waals surface area (Å²) in [6.07, 6.45) is 2.47. The molecule has 0 bridgehead atoms. The summed E-state index contributed by atoms with van der Waals surface area (Å²) in [6, 6.07) is 1.81. The van der Waals surface area contributed by atoms with Crippen molar-refractivity contribution in [3.63, 3.8) is 0 Å². The average Bonchev–Trinajstić information content (AvgIpc) is 2.51. The Balaban J connectivity index is 2.01. The zero-order chi connectivity index (χ0) is 9.97. The fourth-order valence-electron chi connectivity index (χ4n) is 1.73. The van der Waals surface area contributed by atoms with Gasteiger partial charge in [-0.15, -0.1) is 0 Å². The number of likely N-dealkylation sites (tertiary alicyclic amines) is 1. The summed E-state index contributed by atoms with van der Waals surface area (Å²) in [4.78, 5) is 19.8. The number of aromatic amines is 1. The van der Waals surface area contributed by atoms with Crippen LogP contribution in [0.1, 0.15) is 12.1 Å². The van der Waals surface area contributed by atoms with E-state index in [1.165, 1.54) is 12.4 Å². The predicted molar refractivity (Wildman–Crippen MR) is 52.7 cm³/mol. The van der Waals surface area contributed by atoms with Crippen molar-refractivity contribution in [1.29, 1.82) is 0 Å². The van der Waals surface area contributed by atoms with Crippen molar-refractivity contribution >= 4 is 0 Å². The van der Waals surface area contributed by atoms with Gasteiger partial charge in [-0.25, -0.2) is 4.98 Å². The number of hydrogen-bond donors (Lipinski definition) is 2. The lowest BCUT2D eigenvalue weighted by Crippen LogP contribution is -2.27. The average molecular weight is 194 g/mol. The van der Waals surface area contributed by atoms with E-state index >= 15 is 0 Å². The Hall–Kier alpha value is -1.20. The van der Waals surface area contributed by atoms with E-state index in [1.54, 1.807) is 0 Å². The molecule has 76 valence electrons. The number of H-pyrrole nitrogens is 1. The zero-order valence-corrected chi connectivity index (χ0v) is 7.94. The van der Waals surface area contributed by atoms with Crippen LogP contribution in [-0.4, -0.2) is 34.0 Å². The Morgan fingerprint density at radius 2 is 2.57 bits per heavy atom. The van der Waals surface area contributed by atoms with Crippen molar-refractivity contribution in [2.75, 3.05) is 13.1 Å². The van der Waals surface area contributed by atoms with Crippen LogP contribution in [0.5, 0.6) is 0 Å². The van der Waals surface area contributed by atoms with Crippen LogP contribution in [0.2, 0.25) is 0 Å². The number of nitrogens with one attached hydrogen (secondary N) is 1. The van der Waals surface area contributed by atoms with Crippen LogP contribution >= 0.6 is 0 Å². The number of aromatic nitrogens is 2. The molecule has 1 atom stereocenters. The first kappa shape index (κ1) is 9.36. The second-order valence-electron chi connectivity index (χ2n) is 3.69. The Labute approximate surface area is 82.0 Å². The van der Waals surface area contributed by atoms with Gasteiger partial charge in [0.25, 0.3) is 5.56 Å². The van der Waals surface area contributed by atoms with Crippen LogP contribution in [0, 0.1) is 0 Å². The fraction of sp³-hybridized carbons (Fsp3) is 0.556. The van der Waals surface area contributed by atoms with E-state index in [-0.39, 0.29) is 11.6 Å². The van der Waals surface area contributed by atoms with Crippen LogP contribution < -0.4 is 11.3 Å². The molecule has 0 radical (unpaired) electrons. The summed E-state index contributed by atoms with van der Waals surface area (Å²) in [7, 11) is 0. The van der Waals surface area contributed by atoms with Gasteiger partial charge >= 0.3 is 0 Å². The molecule has 14 heavy (non-hydrogen) atoms. The lowest BCUT2D eigenvalue weighted by Gasteiger charge is -2.13. The van der Waals surface area contributed by atoms with E-state index in [4.69, 9.17) is 5.73 Å². The highest BCUT2D eigenvalue weighted by molar-refractivity contribution is 4.99. The molecule has 1 aliphatic heterocycles. The maximum Gasteiger partial charge on any atom is 0.250 e. The third kappa shape index (κ3) is 2.18. The molecule has 1 aromatic rings. The molecule has 2 heterocycles. The van der Waals surface area contributed by atoms with Gasteiger partial charge < -0.3 is 10.7 Å². The van der Waals surface area contributed by atoms with Crippen molar-refractivity contribution in [3.8, 4) is 0 Å². The van der Waals surface area contributed by atoms with Gasteiger partial charge in [0.2, 0.25) is 0 Å². The number of nitrogens with two attached hydrogens (primary N) is 1. The molecule has 5 nitrogen and oxygen atoms in total. The Morgan fingerprint density at radius 3 is 3.21 bits per heavy atom. The van der Waals surface area contributed by atoms with Crippen molar-refractivity contribution < 1.29 is 0 Å². The molecule has 5 heteroatoms. The molecule has 1 aliphatic rings. The lowest BCUT2D eigenvalue weighted by molar-refractivity contribution is 0.322. The molecule has 2 rings (SSSR count). The Kier molecular flexibility index (Phi) is 2.60. The van der Waals surface area contributed by atoms with Crippen molar-refractivity contribution in [2.24, 2.45) is 5.73 Å². The van der Waals surface area contributed by atoms with Crippen LogP contribution in [0.25, 0.3) is 0 Å². The number of rotatable bonds is 2. The van der Waals surface area contributed by atoms with E-state index in [9.17, 15) is 4.79 Å². The molecular weight excluding hydrogens is 180 g/mol. The minimum atomic E-state index is -0.0986. The van der Waals surface area contributed by atoms with Gasteiger partial charge in [-0.05, 0) is 6.42 Å². The second-order valence-corrected chi connectivity index (χ2v) is 3.69. The highest BCUT2D eigenvalue weighted by atomic mass is 16.1. The van der Waals surface area contributed by atoms with E-state index < -0.39 is 0 Å². The third-order valence-corrected chi connectivity index (χ3v) is 2.43. The zero-order valence-electron chi connectivity index (χ0n) is 7.94. The van der Waals surface area contributed by atoms with E-state index in [0.717, 1.165) is 31.7 Å². The maximum atomic E-state index is 11.0. The predicted octanol–water partition coefficient (Wildman–Crippen LogP) is -0.697. The summed E-state index contributed by atoms with van der Waals surface area (Å²) in [5.41, 5.74) is 6.49. The summed E-state index contributed by atoms with van der Waals surface area (Å²) in [5, 5.41) is 0. The summed E-state index contributed by atoms with van der Waals surface area (Å²) in [5.74, 6) is 0. The third-order valence-electron chi connectivity index (χ3n) is 2.43. The molecule has 0 spiro atoms. The van der Waals surface area contributed by atoms with Crippen LogP contribution in [0.3, 0.4) is 0 Å². The molecule has 3 N–H and O–H groups in total. The van der Waals surface area contributed by atoms with Crippen molar-refractivity contribution in [1.82, 2.24) is 14.9 Å². The SMILES string of the molecule is NC1CCN(Cc2cc(=O)[nH]cn2)C1.